The number of fused-ring (bicyclic) bond motifs is 3. The molecule has 0 aliphatic carbocycles. The van der Waals surface area contributed by atoms with Crippen molar-refractivity contribution in [3.8, 4) is 0 Å². The van der Waals surface area contributed by atoms with Gasteiger partial charge in [-0.2, -0.15) is 0 Å². The maximum atomic E-state index is 13.3. The van der Waals surface area contributed by atoms with E-state index in [0.717, 1.165) is 39.6 Å². The van der Waals surface area contributed by atoms with Gasteiger partial charge < -0.3 is 15.2 Å². The molecule has 0 fully saturated rings. The van der Waals surface area contributed by atoms with Gasteiger partial charge in [-0.1, -0.05) is 60.1 Å². The number of nitrogens with one attached hydrogen (secondary N) is 2. The topological polar surface area (TPSA) is 75.5 Å². The number of carbonyl (C=O) groups is 2. The highest BCUT2D eigenvalue weighted by Gasteiger charge is 2.21. The molecule has 1 unspecified atom stereocenters. The minimum absolute atomic E-state index is 0.147. The molecule has 1 aromatic heterocycles. The Bertz CT molecular complexity index is 1710. The van der Waals surface area contributed by atoms with Gasteiger partial charge in [0.05, 0.1) is 5.02 Å². The Morgan fingerprint density at radius 2 is 1.45 bits per heavy atom. The van der Waals surface area contributed by atoms with Gasteiger partial charge in [0.25, 0.3) is 0 Å². The van der Waals surface area contributed by atoms with Gasteiger partial charge in [0.15, 0.2) is 0 Å². The predicted octanol–water partition coefficient (Wildman–Crippen LogP) is 7.66. The minimum atomic E-state index is -0.297. The summed E-state index contributed by atoms with van der Waals surface area (Å²) in [5.41, 5.74) is 5.35. The molecule has 0 radical (unpaired) electrons. The van der Waals surface area contributed by atoms with Crippen LogP contribution in [-0.4, -0.2) is 29.6 Å². The van der Waals surface area contributed by atoms with E-state index in [1.807, 2.05) is 60.7 Å². The SMILES string of the molecule is CCn1c2ccccc2c2cc(NC(=O)CC(CC(=O)Nc3ccc(/C=N\C)c(Cl)c3)c3ccccc3)ccc21. The molecular weight excluding hydrogens is 520 g/mol. The number of para-hydroxylation sites is 1. The fourth-order valence-corrected chi connectivity index (χ4v) is 5.45. The summed E-state index contributed by atoms with van der Waals surface area (Å²) in [6, 6.07) is 29.3. The second-order valence-corrected chi connectivity index (χ2v) is 10.1. The summed E-state index contributed by atoms with van der Waals surface area (Å²) in [6.07, 6.45) is 1.98. The van der Waals surface area contributed by atoms with E-state index in [2.05, 4.69) is 45.3 Å². The molecule has 6 nitrogen and oxygen atoms in total. The van der Waals surface area contributed by atoms with Gasteiger partial charge >= 0.3 is 0 Å². The first kappa shape index (κ1) is 27.2. The molecule has 202 valence electrons. The second-order valence-electron chi connectivity index (χ2n) is 9.73. The summed E-state index contributed by atoms with van der Waals surface area (Å²) in [4.78, 5) is 30.3. The van der Waals surface area contributed by atoms with E-state index in [0.29, 0.717) is 10.7 Å². The number of hydrogen-bond acceptors (Lipinski definition) is 3. The van der Waals surface area contributed by atoms with Crippen molar-refractivity contribution in [3.05, 3.63) is 107 Å². The molecule has 0 aliphatic rings. The largest absolute Gasteiger partial charge is 0.341 e. The Labute approximate surface area is 238 Å². The quantitative estimate of drug-likeness (QED) is 0.185. The fraction of sp³-hybridized carbons (Fsp3) is 0.182. The zero-order chi connectivity index (χ0) is 28.1. The van der Waals surface area contributed by atoms with Crippen LogP contribution in [0.15, 0.2) is 96.0 Å². The minimum Gasteiger partial charge on any atom is -0.341 e. The number of halogens is 1. The molecule has 2 N–H and O–H groups in total. The van der Waals surface area contributed by atoms with Crippen molar-refractivity contribution < 1.29 is 9.59 Å². The molecule has 0 saturated carbocycles. The van der Waals surface area contributed by atoms with Crippen LogP contribution in [0.3, 0.4) is 0 Å². The third kappa shape index (κ3) is 5.92. The number of aromatic nitrogens is 1. The molecule has 0 bridgehead atoms. The van der Waals surface area contributed by atoms with Crippen LogP contribution in [0.2, 0.25) is 5.02 Å². The van der Waals surface area contributed by atoms with E-state index in [4.69, 9.17) is 11.6 Å². The molecule has 4 aromatic carbocycles. The lowest BCUT2D eigenvalue weighted by Gasteiger charge is -2.17. The smallest absolute Gasteiger partial charge is 0.225 e. The van der Waals surface area contributed by atoms with Gasteiger partial charge in [-0.25, -0.2) is 0 Å². The van der Waals surface area contributed by atoms with Crippen LogP contribution in [0, 0.1) is 0 Å². The summed E-state index contributed by atoms with van der Waals surface area (Å²) in [6.45, 7) is 2.99. The first-order valence-corrected chi connectivity index (χ1v) is 13.7. The van der Waals surface area contributed by atoms with Crippen molar-refractivity contribution in [2.75, 3.05) is 17.7 Å². The van der Waals surface area contributed by atoms with Gasteiger partial charge in [0.1, 0.15) is 0 Å². The van der Waals surface area contributed by atoms with Gasteiger partial charge in [-0.3, -0.25) is 14.6 Å². The van der Waals surface area contributed by atoms with Crippen LogP contribution in [0.4, 0.5) is 11.4 Å². The number of amides is 2. The van der Waals surface area contributed by atoms with Gasteiger partial charge in [0.2, 0.25) is 11.8 Å². The summed E-state index contributed by atoms with van der Waals surface area (Å²) in [5, 5.41) is 8.74. The molecule has 5 aromatic rings. The number of hydrogen-bond donors (Lipinski definition) is 2. The van der Waals surface area contributed by atoms with Gasteiger partial charge in [0, 0.05) is 77.3 Å². The molecule has 0 saturated heterocycles. The standard InChI is InChI=1S/C33H31ClN4O2/c1-3-38-30-12-8-7-11-27(30)28-19-25(15-16-31(28)38)36-32(39)17-24(22-9-5-4-6-10-22)18-33(40)37-26-14-13-23(21-35-2)29(34)20-26/h4-16,19-21,24H,3,17-18H2,1-2H3,(H,36,39)(H,37,40)/b35-21-. The van der Waals surface area contributed by atoms with E-state index >= 15 is 0 Å². The van der Waals surface area contributed by atoms with Crippen LogP contribution in [0.5, 0.6) is 0 Å². The number of carbonyl (C=O) groups excluding carboxylic acids is 2. The summed E-state index contributed by atoms with van der Waals surface area (Å²) in [5.74, 6) is -0.635. The number of nitrogens with zero attached hydrogens (tertiary/aromatic N) is 2. The molecule has 40 heavy (non-hydrogen) atoms. The zero-order valence-corrected chi connectivity index (χ0v) is 23.3. The Morgan fingerprint density at radius 1 is 0.825 bits per heavy atom. The number of anilines is 2. The average Bonchev–Trinajstić information content (AvgIpc) is 3.27. The zero-order valence-electron chi connectivity index (χ0n) is 22.5. The normalized spacial score (nSPS) is 12.2. The van der Waals surface area contributed by atoms with Gasteiger partial charge in [-0.15, -0.1) is 0 Å². The van der Waals surface area contributed by atoms with Crippen LogP contribution in [0.25, 0.3) is 21.8 Å². The number of aryl methyl sites for hydroxylation is 1. The molecule has 5 rings (SSSR count). The lowest BCUT2D eigenvalue weighted by molar-refractivity contribution is -0.118. The van der Waals surface area contributed by atoms with E-state index in [-0.39, 0.29) is 30.6 Å². The third-order valence-electron chi connectivity index (χ3n) is 7.06. The Kier molecular flexibility index (Phi) is 8.27. The lowest BCUT2D eigenvalue weighted by Crippen LogP contribution is -2.20. The average molecular weight is 551 g/mol. The Morgan fingerprint density at radius 3 is 2.12 bits per heavy atom. The molecule has 1 heterocycles. The van der Waals surface area contributed by atoms with Crippen molar-refractivity contribution in [2.24, 2.45) is 4.99 Å². The summed E-state index contributed by atoms with van der Waals surface area (Å²) < 4.78 is 2.28. The Hall–Kier alpha value is -4.42. The third-order valence-corrected chi connectivity index (χ3v) is 7.39. The second kappa shape index (κ2) is 12.2. The predicted molar refractivity (Wildman–Crippen MR) is 166 cm³/mol. The van der Waals surface area contributed by atoms with Crippen molar-refractivity contribution in [2.45, 2.75) is 32.2 Å². The highest BCUT2D eigenvalue weighted by molar-refractivity contribution is 6.33. The van der Waals surface area contributed by atoms with Crippen molar-refractivity contribution in [1.82, 2.24) is 4.57 Å². The van der Waals surface area contributed by atoms with E-state index < -0.39 is 0 Å². The van der Waals surface area contributed by atoms with Crippen molar-refractivity contribution in [3.63, 3.8) is 0 Å². The lowest BCUT2D eigenvalue weighted by atomic mass is 9.91. The molecular formula is C33H31ClN4O2. The molecule has 7 heteroatoms. The highest BCUT2D eigenvalue weighted by Crippen LogP contribution is 2.32. The van der Waals surface area contributed by atoms with Crippen LogP contribution in [-0.2, 0) is 16.1 Å². The van der Waals surface area contributed by atoms with Crippen molar-refractivity contribution >= 4 is 62.8 Å². The monoisotopic (exact) mass is 550 g/mol. The first-order chi connectivity index (χ1) is 19.5. The van der Waals surface area contributed by atoms with E-state index in [1.54, 1.807) is 25.4 Å². The number of benzene rings is 4. The molecule has 0 aliphatic heterocycles. The Balaban J connectivity index is 1.32. The molecule has 2 amide bonds. The van der Waals surface area contributed by atoms with E-state index in [9.17, 15) is 9.59 Å². The van der Waals surface area contributed by atoms with Crippen LogP contribution >= 0.6 is 11.6 Å². The van der Waals surface area contributed by atoms with Crippen molar-refractivity contribution in [1.29, 1.82) is 0 Å². The maximum Gasteiger partial charge on any atom is 0.225 e. The molecule has 1 atom stereocenters. The summed E-state index contributed by atoms with van der Waals surface area (Å²) in [7, 11) is 1.68. The highest BCUT2D eigenvalue weighted by atomic mass is 35.5. The van der Waals surface area contributed by atoms with Gasteiger partial charge in [-0.05, 0) is 55.0 Å². The number of aliphatic imine (C=N–C) groups is 1. The van der Waals surface area contributed by atoms with Crippen LogP contribution in [0.1, 0.15) is 36.8 Å². The maximum absolute atomic E-state index is 13.3. The van der Waals surface area contributed by atoms with Crippen LogP contribution < -0.4 is 10.6 Å². The first-order valence-electron chi connectivity index (χ1n) is 13.3. The fourth-order valence-electron chi connectivity index (χ4n) is 5.23. The number of rotatable bonds is 9. The van der Waals surface area contributed by atoms with E-state index in [1.165, 1.54) is 5.52 Å². The molecule has 0 spiro atoms. The summed E-state index contributed by atoms with van der Waals surface area (Å²) >= 11 is 6.32.